The maximum atomic E-state index is 11.7. The molecule has 1 atom stereocenters. The van der Waals surface area contributed by atoms with Gasteiger partial charge in [0.1, 0.15) is 18.1 Å². The maximum Gasteiger partial charge on any atom is 0.344 e. The van der Waals surface area contributed by atoms with Gasteiger partial charge < -0.3 is 19.3 Å². The van der Waals surface area contributed by atoms with Crippen LogP contribution in [0.25, 0.3) is 10.9 Å². The van der Waals surface area contributed by atoms with Crippen molar-refractivity contribution >= 4 is 28.5 Å². The third kappa shape index (κ3) is 10.8. The number of hydrogen-bond acceptors (Lipinski definition) is 5. The minimum absolute atomic E-state index is 0.0479. The number of alkyl halides is 1. The maximum absolute atomic E-state index is 11.7. The van der Waals surface area contributed by atoms with Gasteiger partial charge in [-0.15, -0.1) is 11.6 Å². The van der Waals surface area contributed by atoms with Crippen molar-refractivity contribution in [1.29, 1.82) is 0 Å². The third-order valence-electron chi connectivity index (χ3n) is 5.36. The molecule has 0 spiro atoms. The van der Waals surface area contributed by atoms with Crippen molar-refractivity contribution in [2.45, 2.75) is 53.2 Å². The van der Waals surface area contributed by atoms with Crippen LogP contribution in [0.15, 0.2) is 83.9 Å². The molecule has 1 heterocycles. The first kappa shape index (κ1) is 30.1. The van der Waals surface area contributed by atoms with E-state index in [1.54, 1.807) is 0 Å². The average Bonchev–Trinajstić information content (AvgIpc) is 2.89. The highest BCUT2D eigenvalue weighted by atomic mass is 35.5. The molecule has 7 heteroatoms. The molecular formula is C30H38ClNO5. The highest BCUT2D eigenvalue weighted by Gasteiger charge is 2.23. The summed E-state index contributed by atoms with van der Waals surface area (Å²) in [5.74, 6) is 0.270. The number of carboxylic acids is 1. The number of hydrogen-bond donors (Lipinski definition) is 1. The molecule has 0 saturated heterocycles. The Kier molecular flexibility index (Phi) is 13.5. The molecular weight excluding hydrogens is 490 g/mol. The van der Waals surface area contributed by atoms with Gasteiger partial charge in [0.05, 0.1) is 30.3 Å². The molecule has 2 rings (SSSR count). The second kappa shape index (κ2) is 16.6. The van der Waals surface area contributed by atoms with E-state index in [9.17, 15) is 9.90 Å². The number of para-hydroxylation sites is 1. The smallest absolute Gasteiger partial charge is 0.344 e. The zero-order valence-corrected chi connectivity index (χ0v) is 22.9. The number of ether oxygens (including phenoxy) is 3. The van der Waals surface area contributed by atoms with Gasteiger partial charge in [0.2, 0.25) is 0 Å². The molecule has 1 N–H and O–H groups in total. The lowest BCUT2D eigenvalue weighted by molar-refractivity contribution is -0.148. The van der Waals surface area contributed by atoms with Crippen LogP contribution in [0.4, 0.5) is 0 Å². The quantitative estimate of drug-likeness (QED) is 0.108. The van der Waals surface area contributed by atoms with E-state index in [1.165, 1.54) is 0 Å². The number of pyridine rings is 1. The number of aromatic nitrogens is 1. The first-order valence-corrected chi connectivity index (χ1v) is 13.1. The lowest BCUT2D eigenvalue weighted by atomic mass is 10.1. The second-order valence-electron chi connectivity index (χ2n) is 8.86. The predicted molar refractivity (Wildman–Crippen MR) is 149 cm³/mol. The Hall–Kier alpha value is -3.09. The summed E-state index contributed by atoms with van der Waals surface area (Å²) in [6.07, 6.45) is 9.65. The van der Waals surface area contributed by atoms with Crippen LogP contribution in [-0.4, -0.2) is 41.3 Å². The Balaban J connectivity index is 1.97. The molecule has 0 saturated carbocycles. The van der Waals surface area contributed by atoms with Gasteiger partial charge in [-0.1, -0.05) is 63.3 Å². The number of aliphatic carboxylic acids is 1. The zero-order chi connectivity index (χ0) is 27.0. The Labute approximate surface area is 225 Å². The van der Waals surface area contributed by atoms with Crippen LogP contribution in [0.3, 0.4) is 0 Å². The lowest BCUT2D eigenvalue weighted by Gasteiger charge is -2.20. The molecule has 2 aromatic rings. The van der Waals surface area contributed by atoms with Crippen molar-refractivity contribution in [3.05, 3.63) is 89.6 Å². The fourth-order valence-electron chi connectivity index (χ4n) is 3.45. The lowest BCUT2D eigenvalue weighted by Crippen LogP contribution is -2.26. The Morgan fingerprint density at radius 2 is 1.92 bits per heavy atom. The van der Waals surface area contributed by atoms with Gasteiger partial charge in [-0.25, -0.2) is 4.79 Å². The molecule has 0 aliphatic heterocycles. The Morgan fingerprint density at radius 3 is 2.59 bits per heavy atom. The van der Waals surface area contributed by atoms with E-state index in [2.05, 4.69) is 4.98 Å². The minimum atomic E-state index is -1.01. The largest absolute Gasteiger partial charge is 0.489 e. The fraction of sp³-hybridized carbons (Fsp3) is 0.400. The van der Waals surface area contributed by atoms with E-state index >= 15 is 0 Å². The average molecular weight is 528 g/mol. The normalized spacial score (nSPS) is 13.9. The molecule has 37 heavy (non-hydrogen) atoms. The van der Waals surface area contributed by atoms with Crippen molar-refractivity contribution in [3.63, 3.8) is 0 Å². The number of nitrogens with zero attached hydrogens (tertiary/aromatic N) is 1. The SMILES string of the molecule is C/C=C(\C=C/COCc1ccc2ccccc2n1)OCC(/C=C\CC)=C(/CCl)OC(CC(C)C)C(=O)O. The van der Waals surface area contributed by atoms with Gasteiger partial charge in [-0.3, -0.25) is 4.98 Å². The zero-order valence-electron chi connectivity index (χ0n) is 22.2. The van der Waals surface area contributed by atoms with Crippen LogP contribution in [0.5, 0.6) is 0 Å². The predicted octanol–water partition coefficient (Wildman–Crippen LogP) is 7.20. The van der Waals surface area contributed by atoms with Crippen LogP contribution >= 0.6 is 11.6 Å². The summed E-state index contributed by atoms with van der Waals surface area (Å²) in [5, 5.41) is 10.7. The highest BCUT2D eigenvalue weighted by Crippen LogP contribution is 2.19. The van der Waals surface area contributed by atoms with E-state index in [0.29, 0.717) is 36.7 Å². The summed E-state index contributed by atoms with van der Waals surface area (Å²) in [6.45, 7) is 8.81. The molecule has 0 aliphatic carbocycles. The molecule has 0 radical (unpaired) electrons. The number of carboxylic acid groups (broad SMARTS) is 1. The number of benzene rings is 1. The number of carbonyl (C=O) groups is 1. The fourth-order valence-corrected chi connectivity index (χ4v) is 3.68. The van der Waals surface area contributed by atoms with Crippen LogP contribution in [-0.2, 0) is 25.6 Å². The summed E-state index contributed by atoms with van der Waals surface area (Å²) in [7, 11) is 0. The van der Waals surface area contributed by atoms with E-state index < -0.39 is 12.1 Å². The summed E-state index contributed by atoms with van der Waals surface area (Å²) in [6, 6.07) is 12.0. The van der Waals surface area contributed by atoms with Crippen LogP contribution in [0, 0.1) is 5.92 Å². The van der Waals surface area contributed by atoms with Gasteiger partial charge in [0.15, 0.2) is 6.10 Å². The van der Waals surface area contributed by atoms with E-state index in [4.69, 9.17) is 25.8 Å². The van der Waals surface area contributed by atoms with Crippen LogP contribution < -0.4 is 0 Å². The molecule has 200 valence electrons. The summed E-state index contributed by atoms with van der Waals surface area (Å²) >= 11 is 6.16. The Morgan fingerprint density at radius 1 is 1.14 bits per heavy atom. The van der Waals surface area contributed by atoms with Crippen LogP contribution in [0.2, 0.25) is 0 Å². The summed E-state index contributed by atoms with van der Waals surface area (Å²) in [4.78, 5) is 16.3. The van der Waals surface area contributed by atoms with Gasteiger partial charge in [-0.2, -0.15) is 0 Å². The van der Waals surface area contributed by atoms with Crippen molar-refractivity contribution in [2.75, 3.05) is 19.1 Å². The van der Waals surface area contributed by atoms with E-state index in [-0.39, 0.29) is 18.4 Å². The van der Waals surface area contributed by atoms with Gasteiger partial charge in [0.25, 0.3) is 0 Å². The number of allylic oxidation sites excluding steroid dienone is 4. The highest BCUT2D eigenvalue weighted by molar-refractivity contribution is 6.19. The van der Waals surface area contributed by atoms with Gasteiger partial charge in [-0.05, 0) is 50.0 Å². The number of fused-ring (bicyclic) bond motifs is 1. The third-order valence-corrected chi connectivity index (χ3v) is 5.60. The molecule has 1 unspecified atom stereocenters. The first-order valence-electron chi connectivity index (χ1n) is 12.6. The minimum Gasteiger partial charge on any atom is -0.489 e. The van der Waals surface area contributed by atoms with Crippen molar-refractivity contribution < 1.29 is 24.1 Å². The molecule has 1 aromatic heterocycles. The molecule has 0 amide bonds. The first-order chi connectivity index (χ1) is 17.9. The van der Waals surface area contributed by atoms with E-state index in [0.717, 1.165) is 23.0 Å². The van der Waals surface area contributed by atoms with Gasteiger partial charge >= 0.3 is 5.97 Å². The Bertz CT molecular complexity index is 1120. The van der Waals surface area contributed by atoms with E-state index in [1.807, 2.05) is 94.5 Å². The monoisotopic (exact) mass is 527 g/mol. The second-order valence-corrected chi connectivity index (χ2v) is 9.13. The number of rotatable bonds is 16. The molecule has 1 aromatic carbocycles. The topological polar surface area (TPSA) is 77.9 Å². The summed E-state index contributed by atoms with van der Waals surface area (Å²) < 4.78 is 17.6. The van der Waals surface area contributed by atoms with Crippen molar-refractivity contribution in [1.82, 2.24) is 4.98 Å². The van der Waals surface area contributed by atoms with Crippen molar-refractivity contribution in [2.24, 2.45) is 5.92 Å². The molecule has 0 bridgehead atoms. The summed E-state index contributed by atoms with van der Waals surface area (Å²) in [5.41, 5.74) is 2.53. The molecule has 0 fully saturated rings. The van der Waals surface area contributed by atoms with Crippen molar-refractivity contribution in [3.8, 4) is 0 Å². The molecule has 6 nitrogen and oxygen atoms in total. The standard InChI is InChI=1S/C30H38ClNO5/c1-5-7-11-24(29(19-31)37-28(30(33)34)18-22(3)4)20-36-26(6-2)13-10-17-35-21-25-16-15-23-12-8-9-14-27(23)32-25/h6-16,22,28H,5,17-21H2,1-4H3,(H,33,34)/b11-7-,13-10-,26-6+,29-24-. The van der Waals surface area contributed by atoms with Gasteiger partial charge in [0, 0.05) is 11.0 Å². The van der Waals surface area contributed by atoms with Crippen LogP contribution in [0.1, 0.15) is 46.2 Å². The number of halogens is 1. The molecule has 0 aliphatic rings.